The number of halogens is 1. The number of methoxy groups -OCH3 is 1. The lowest BCUT2D eigenvalue weighted by atomic mass is 9.92. The van der Waals surface area contributed by atoms with Gasteiger partial charge in [-0.15, -0.1) is 11.3 Å². The number of hydrogen-bond donors (Lipinski definition) is 2. The second kappa shape index (κ2) is 8.34. The topological polar surface area (TPSA) is 63.1 Å². The molecule has 1 saturated heterocycles. The molecule has 0 bridgehead atoms. The van der Waals surface area contributed by atoms with Gasteiger partial charge in [-0.05, 0) is 42.8 Å². The third kappa shape index (κ3) is 4.06. The molecule has 2 heterocycles. The van der Waals surface area contributed by atoms with Gasteiger partial charge in [-0.1, -0.05) is 30.3 Å². The summed E-state index contributed by atoms with van der Waals surface area (Å²) in [6.07, 6.45) is 1.78. The average Bonchev–Trinajstić information content (AvgIpc) is 3.18. The molecule has 148 valence electrons. The molecular formula is C20H23ClN3O3S+. The molecule has 2 atom stereocenters. The first kappa shape index (κ1) is 20.4. The van der Waals surface area contributed by atoms with Crippen LogP contribution < -0.4 is 15.0 Å². The maximum absolute atomic E-state index is 13.2. The quantitative estimate of drug-likeness (QED) is 0.509. The molecule has 1 aromatic heterocycles. The monoisotopic (exact) mass is 420 g/mol. The summed E-state index contributed by atoms with van der Waals surface area (Å²) in [5, 5.41) is 2.84. The lowest BCUT2D eigenvalue weighted by Crippen LogP contribution is -3.12. The van der Waals surface area contributed by atoms with E-state index >= 15 is 0 Å². The predicted octanol–water partition coefficient (Wildman–Crippen LogP) is 2.41. The molecule has 0 aliphatic carbocycles. The largest absolute Gasteiger partial charge is 0.497 e. The molecule has 3 amide bonds. The maximum Gasteiger partial charge on any atom is 0.329 e. The number of carbonyl (C=O) groups excluding carboxylic acids is 2. The standard InChI is InChI=1S/C20H22ClN3O3S/c1-4-10-23(12-16-8-9-17(21)28-16)13-24-18(25)20(2,22-19(24)26)14-6-5-7-15(11-14)27-3/h4-9,11H,1,10,12-13H2,2-3H3,(H,22,26)/p+1/t20-/m0/s1. The van der Waals surface area contributed by atoms with Gasteiger partial charge >= 0.3 is 6.03 Å². The van der Waals surface area contributed by atoms with E-state index in [2.05, 4.69) is 11.9 Å². The van der Waals surface area contributed by atoms with Crippen molar-refractivity contribution in [3.05, 3.63) is 63.8 Å². The number of rotatable bonds is 8. The van der Waals surface area contributed by atoms with Gasteiger partial charge in [0.2, 0.25) is 0 Å². The van der Waals surface area contributed by atoms with Crippen LogP contribution in [0.5, 0.6) is 5.75 Å². The summed E-state index contributed by atoms with van der Waals surface area (Å²) < 4.78 is 5.97. The molecule has 28 heavy (non-hydrogen) atoms. The van der Waals surface area contributed by atoms with Crippen LogP contribution in [-0.2, 0) is 16.9 Å². The lowest BCUT2D eigenvalue weighted by Gasteiger charge is -2.24. The number of imide groups is 1. The van der Waals surface area contributed by atoms with Gasteiger partial charge in [-0.2, -0.15) is 0 Å². The number of nitrogens with one attached hydrogen (secondary N) is 2. The van der Waals surface area contributed by atoms with Crippen molar-refractivity contribution < 1.29 is 19.2 Å². The Labute approximate surface area is 173 Å². The number of carbonyl (C=O) groups is 2. The van der Waals surface area contributed by atoms with Crippen LogP contribution in [0.2, 0.25) is 4.34 Å². The van der Waals surface area contributed by atoms with Crippen molar-refractivity contribution in [2.45, 2.75) is 19.0 Å². The highest BCUT2D eigenvalue weighted by atomic mass is 35.5. The Kier molecular flexibility index (Phi) is 6.07. The summed E-state index contributed by atoms with van der Waals surface area (Å²) in [5.41, 5.74) is -0.444. The zero-order chi connectivity index (χ0) is 20.3. The first-order valence-electron chi connectivity index (χ1n) is 8.84. The highest BCUT2D eigenvalue weighted by molar-refractivity contribution is 7.16. The van der Waals surface area contributed by atoms with E-state index in [0.29, 0.717) is 28.7 Å². The van der Waals surface area contributed by atoms with Crippen molar-refractivity contribution in [3.63, 3.8) is 0 Å². The highest BCUT2D eigenvalue weighted by Crippen LogP contribution is 2.30. The third-order valence-electron chi connectivity index (χ3n) is 4.79. The van der Waals surface area contributed by atoms with Gasteiger partial charge in [-0.3, -0.25) is 4.79 Å². The van der Waals surface area contributed by atoms with Crippen LogP contribution in [-0.4, -0.2) is 37.2 Å². The minimum absolute atomic E-state index is 0.242. The second-order valence-corrected chi connectivity index (χ2v) is 8.60. The number of nitrogens with zero attached hydrogens (tertiary/aromatic N) is 1. The van der Waals surface area contributed by atoms with E-state index in [1.165, 1.54) is 16.2 Å². The Morgan fingerprint density at radius 1 is 1.36 bits per heavy atom. The number of urea groups is 1. The molecule has 2 aromatic rings. The predicted molar refractivity (Wildman–Crippen MR) is 110 cm³/mol. The highest BCUT2D eigenvalue weighted by Gasteiger charge is 2.50. The van der Waals surface area contributed by atoms with E-state index in [-0.39, 0.29) is 12.6 Å². The van der Waals surface area contributed by atoms with Gasteiger partial charge in [0.15, 0.2) is 6.67 Å². The van der Waals surface area contributed by atoms with Crippen molar-refractivity contribution in [3.8, 4) is 5.75 Å². The fourth-order valence-corrected chi connectivity index (χ4v) is 4.44. The van der Waals surface area contributed by atoms with Crippen LogP contribution in [0.15, 0.2) is 49.1 Å². The minimum Gasteiger partial charge on any atom is -0.497 e. The molecular weight excluding hydrogens is 398 g/mol. The molecule has 1 fully saturated rings. The van der Waals surface area contributed by atoms with E-state index in [4.69, 9.17) is 16.3 Å². The van der Waals surface area contributed by atoms with Crippen LogP contribution in [0.25, 0.3) is 0 Å². The van der Waals surface area contributed by atoms with E-state index in [0.717, 1.165) is 9.78 Å². The molecule has 1 aromatic carbocycles. The van der Waals surface area contributed by atoms with Crippen molar-refractivity contribution in [2.75, 3.05) is 20.3 Å². The summed E-state index contributed by atoms with van der Waals surface area (Å²) in [6.45, 7) is 7.01. The Morgan fingerprint density at radius 2 is 2.14 bits per heavy atom. The Bertz CT molecular complexity index is 900. The number of thiophene rings is 1. The maximum atomic E-state index is 13.2. The molecule has 0 radical (unpaired) electrons. The van der Waals surface area contributed by atoms with Crippen molar-refractivity contribution in [2.24, 2.45) is 0 Å². The fraction of sp³-hybridized carbons (Fsp3) is 0.300. The van der Waals surface area contributed by atoms with Crippen LogP contribution in [0.1, 0.15) is 17.4 Å². The molecule has 8 heteroatoms. The van der Waals surface area contributed by atoms with Gasteiger partial charge in [0.1, 0.15) is 17.8 Å². The molecule has 1 unspecified atom stereocenters. The first-order valence-corrected chi connectivity index (χ1v) is 10.0. The Balaban J connectivity index is 1.80. The third-order valence-corrected chi connectivity index (χ3v) is 6.02. The normalized spacial score (nSPS) is 20.2. The van der Waals surface area contributed by atoms with Gasteiger partial charge in [0.25, 0.3) is 5.91 Å². The number of ether oxygens (including phenoxy) is 1. The van der Waals surface area contributed by atoms with E-state index < -0.39 is 11.6 Å². The van der Waals surface area contributed by atoms with Crippen LogP contribution >= 0.6 is 22.9 Å². The molecule has 2 N–H and O–H groups in total. The van der Waals surface area contributed by atoms with Gasteiger partial charge in [0.05, 0.1) is 22.9 Å². The summed E-state index contributed by atoms with van der Waals surface area (Å²) in [7, 11) is 1.57. The summed E-state index contributed by atoms with van der Waals surface area (Å²) >= 11 is 7.51. The Hall–Kier alpha value is -2.35. The van der Waals surface area contributed by atoms with Crippen LogP contribution in [0.3, 0.4) is 0 Å². The number of hydrogen-bond acceptors (Lipinski definition) is 4. The van der Waals surface area contributed by atoms with Crippen molar-refractivity contribution >= 4 is 34.9 Å². The smallest absolute Gasteiger partial charge is 0.329 e. The number of quaternary nitrogens is 1. The fourth-order valence-electron chi connectivity index (χ4n) is 3.28. The molecule has 1 aliphatic heterocycles. The Morgan fingerprint density at radius 3 is 2.79 bits per heavy atom. The van der Waals surface area contributed by atoms with Gasteiger partial charge < -0.3 is 15.0 Å². The molecule has 0 saturated carbocycles. The van der Waals surface area contributed by atoms with E-state index in [1.807, 2.05) is 18.2 Å². The van der Waals surface area contributed by atoms with E-state index in [9.17, 15) is 9.59 Å². The lowest BCUT2D eigenvalue weighted by molar-refractivity contribution is -0.915. The van der Waals surface area contributed by atoms with Gasteiger partial charge in [0, 0.05) is 0 Å². The van der Waals surface area contributed by atoms with Crippen molar-refractivity contribution in [1.82, 2.24) is 10.2 Å². The minimum atomic E-state index is -1.13. The van der Waals surface area contributed by atoms with Crippen molar-refractivity contribution in [1.29, 1.82) is 0 Å². The zero-order valence-corrected chi connectivity index (χ0v) is 17.4. The van der Waals surface area contributed by atoms with Gasteiger partial charge in [-0.25, -0.2) is 9.69 Å². The van der Waals surface area contributed by atoms with E-state index in [1.54, 1.807) is 38.3 Å². The average molecular weight is 421 g/mol. The van der Waals surface area contributed by atoms with Crippen LogP contribution in [0.4, 0.5) is 4.79 Å². The number of amides is 3. The summed E-state index contributed by atoms with van der Waals surface area (Å²) in [6, 6.07) is 10.6. The molecule has 0 spiro atoms. The molecule has 1 aliphatic rings. The SMILES string of the molecule is C=CC[NH+](Cc1ccc(Cl)s1)CN1C(=O)N[C@@](C)(c2cccc(OC)c2)C1=O. The number of benzene rings is 1. The summed E-state index contributed by atoms with van der Waals surface area (Å²) in [4.78, 5) is 29.2. The molecule has 6 nitrogen and oxygen atoms in total. The zero-order valence-electron chi connectivity index (χ0n) is 15.8. The first-order chi connectivity index (χ1) is 13.4. The molecule has 3 rings (SSSR count). The van der Waals surface area contributed by atoms with Crippen LogP contribution in [0, 0.1) is 0 Å². The second-order valence-electron chi connectivity index (χ2n) is 6.80. The summed E-state index contributed by atoms with van der Waals surface area (Å²) in [5.74, 6) is 0.351.